The Kier molecular flexibility index (Phi) is 6.82. The average molecular weight is 484 g/mol. The van der Waals surface area contributed by atoms with Crippen LogP contribution in [-0.4, -0.2) is 49.2 Å². The van der Waals surface area contributed by atoms with Crippen LogP contribution in [0.2, 0.25) is 0 Å². The average Bonchev–Trinajstić information content (AvgIpc) is 2.80. The molecule has 0 spiro atoms. The second-order valence-electron chi connectivity index (χ2n) is 9.68. The van der Waals surface area contributed by atoms with Crippen LogP contribution in [-0.2, 0) is 19.6 Å². The highest BCUT2D eigenvalue weighted by Crippen LogP contribution is 2.34. The quantitative estimate of drug-likeness (QED) is 0.705. The molecule has 2 aromatic rings. The molecule has 2 aliphatic rings. The van der Waals surface area contributed by atoms with Crippen molar-refractivity contribution in [2.45, 2.75) is 69.4 Å². The normalized spacial score (nSPS) is 22.6. The van der Waals surface area contributed by atoms with E-state index < -0.39 is 21.5 Å². The molecule has 1 aliphatic carbocycles. The van der Waals surface area contributed by atoms with Crippen molar-refractivity contribution in [2.24, 2.45) is 0 Å². The molecule has 1 unspecified atom stereocenters. The Labute approximate surface area is 202 Å². The van der Waals surface area contributed by atoms with Gasteiger partial charge in [-0.3, -0.25) is 14.5 Å². The Morgan fingerprint density at radius 3 is 2.29 bits per heavy atom. The first-order valence-corrected chi connectivity index (χ1v) is 13.3. The molecule has 1 atom stereocenters. The zero-order valence-electron chi connectivity index (χ0n) is 20.1. The molecule has 8 heteroatoms. The molecular weight excluding hydrogens is 450 g/mol. The van der Waals surface area contributed by atoms with Gasteiger partial charge < -0.3 is 5.32 Å². The summed E-state index contributed by atoms with van der Waals surface area (Å²) < 4.78 is 28.1. The summed E-state index contributed by atoms with van der Waals surface area (Å²) in [7, 11) is -3.96. The second-order valence-corrected chi connectivity index (χ2v) is 11.6. The lowest BCUT2D eigenvalue weighted by Gasteiger charge is -2.47. The van der Waals surface area contributed by atoms with E-state index in [0.717, 1.165) is 47.5 Å². The zero-order chi connectivity index (χ0) is 24.5. The van der Waals surface area contributed by atoms with E-state index in [9.17, 15) is 18.0 Å². The van der Waals surface area contributed by atoms with Crippen molar-refractivity contribution in [3.05, 3.63) is 59.7 Å². The number of amides is 2. The maximum Gasteiger partial charge on any atom is 0.247 e. The highest BCUT2D eigenvalue weighted by molar-refractivity contribution is 7.89. The summed E-state index contributed by atoms with van der Waals surface area (Å²) in [4.78, 5) is 28.9. The fourth-order valence-electron chi connectivity index (χ4n) is 4.97. The minimum Gasteiger partial charge on any atom is -0.351 e. The number of benzene rings is 2. The van der Waals surface area contributed by atoms with Gasteiger partial charge in [0.2, 0.25) is 21.8 Å². The summed E-state index contributed by atoms with van der Waals surface area (Å²) in [5.74, 6) is -0.739. The van der Waals surface area contributed by atoms with E-state index in [1.807, 2.05) is 38.1 Å². The molecular formula is C26H33N3O4S. The van der Waals surface area contributed by atoms with Crippen LogP contribution in [0.5, 0.6) is 0 Å². The zero-order valence-corrected chi connectivity index (χ0v) is 20.9. The molecule has 2 aromatic carbocycles. The maximum absolute atomic E-state index is 13.8. The van der Waals surface area contributed by atoms with Crippen molar-refractivity contribution in [1.82, 2.24) is 9.62 Å². The lowest BCUT2D eigenvalue weighted by atomic mass is 9.91. The van der Waals surface area contributed by atoms with E-state index in [-0.39, 0.29) is 29.9 Å². The van der Waals surface area contributed by atoms with Gasteiger partial charge in [-0.15, -0.1) is 0 Å². The van der Waals surface area contributed by atoms with Gasteiger partial charge >= 0.3 is 0 Å². The molecule has 1 heterocycles. The molecule has 1 aliphatic heterocycles. The molecule has 2 fully saturated rings. The number of anilines is 1. The van der Waals surface area contributed by atoms with Crippen LogP contribution in [0.4, 0.5) is 5.69 Å². The number of hydrogen-bond acceptors (Lipinski definition) is 4. The molecule has 182 valence electrons. The first kappa shape index (κ1) is 24.4. The fraction of sp³-hybridized carbons (Fsp3) is 0.462. The van der Waals surface area contributed by atoms with Crippen LogP contribution in [0, 0.1) is 13.8 Å². The Morgan fingerprint density at radius 1 is 1.00 bits per heavy atom. The van der Waals surface area contributed by atoms with Crippen LogP contribution < -0.4 is 10.2 Å². The Morgan fingerprint density at radius 2 is 1.65 bits per heavy atom. The highest BCUT2D eigenvalue weighted by atomic mass is 32.2. The number of hydrogen-bond donors (Lipinski definition) is 1. The van der Waals surface area contributed by atoms with Crippen LogP contribution >= 0.6 is 0 Å². The van der Waals surface area contributed by atoms with E-state index in [0.29, 0.717) is 5.69 Å². The van der Waals surface area contributed by atoms with Gasteiger partial charge in [0.05, 0.1) is 11.4 Å². The van der Waals surface area contributed by atoms with Gasteiger partial charge in [0, 0.05) is 18.3 Å². The van der Waals surface area contributed by atoms with E-state index >= 15 is 0 Å². The molecule has 1 N–H and O–H groups in total. The molecule has 0 bridgehead atoms. The molecule has 2 amide bonds. The summed E-state index contributed by atoms with van der Waals surface area (Å²) in [6.45, 7) is 5.00. The lowest BCUT2D eigenvalue weighted by Crippen LogP contribution is -2.71. The van der Waals surface area contributed by atoms with E-state index in [1.165, 1.54) is 4.90 Å². The van der Waals surface area contributed by atoms with Gasteiger partial charge in [0.25, 0.3) is 0 Å². The Bertz CT molecular complexity index is 1170. The van der Waals surface area contributed by atoms with Crippen molar-refractivity contribution in [1.29, 1.82) is 0 Å². The Hall–Kier alpha value is -2.71. The van der Waals surface area contributed by atoms with E-state index in [4.69, 9.17) is 0 Å². The third-order valence-electron chi connectivity index (χ3n) is 6.98. The van der Waals surface area contributed by atoms with Crippen molar-refractivity contribution in [2.75, 3.05) is 18.0 Å². The summed E-state index contributed by atoms with van der Waals surface area (Å²) in [5.41, 5.74) is 1.02. The first-order chi connectivity index (χ1) is 16.1. The third-order valence-corrected chi connectivity index (χ3v) is 8.79. The molecule has 0 aromatic heterocycles. The smallest absolute Gasteiger partial charge is 0.247 e. The summed E-state index contributed by atoms with van der Waals surface area (Å²) in [6, 6.07) is 14.0. The molecule has 34 heavy (non-hydrogen) atoms. The van der Waals surface area contributed by atoms with Crippen molar-refractivity contribution in [3.63, 3.8) is 0 Å². The van der Waals surface area contributed by atoms with Crippen molar-refractivity contribution < 1.29 is 18.0 Å². The number of carbonyl (C=O) groups is 2. The number of piperazine rings is 1. The van der Waals surface area contributed by atoms with Crippen molar-refractivity contribution in [3.8, 4) is 0 Å². The number of rotatable bonds is 5. The standard InChI is InChI=1S/C26H33N3O4S/c1-19-13-15-22(16-14-19)34(32,33)28-17-24(30)29(23-12-8-7-9-20(23)2)26(3,18-28)25(31)27-21-10-5-4-6-11-21/h7-9,12-16,21H,4-6,10-11,17-18H2,1-3H3,(H,27,31). The van der Waals surface area contributed by atoms with Crippen LogP contribution in [0.25, 0.3) is 0 Å². The van der Waals surface area contributed by atoms with Crippen LogP contribution in [0.3, 0.4) is 0 Å². The highest BCUT2D eigenvalue weighted by Gasteiger charge is 2.51. The number of aryl methyl sites for hydroxylation is 2. The SMILES string of the molecule is Cc1ccc(S(=O)(=O)N2CC(=O)N(c3ccccc3C)C(C)(C(=O)NC3CCCCC3)C2)cc1. The number of nitrogens with one attached hydrogen (secondary N) is 1. The number of para-hydroxylation sites is 1. The minimum absolute atomic E-state index is 0.0379. The predicted molar refractivity (Wildman–Crippen MR) is 132 cm³/mol. The fourth-order valence-corrected chi connectivity index (χ4v) is 6.45. The number of carbonyl (C=O) groups excluding carboxylic acids is 2. The molecule has 4 rings (SSSR count). The summed E-state index contributed by atoms with van der Waals surface area (Å²) in [5, 5.41) is 3.13. The van der Waals surface area contributed by atoms with Crippen LogP contribution in [0.15, 0.2) is 53.4 Å². The van der Waals surface area contributed by atoms with Gasteiger partial charge in [-0.05, 0) is 57.4 Å². The summed E-state index contributed by atoms with van der Waals surface area (Å²) >= 11 is 0. The number of sulfonamides is 1. The molecule has 1 saturated heterocycles. The monoisotopic (exact) mass is 483 g/mol. The van der Waals surface area contributed by atoms with Gasteiger partial charge in [0.1, 0.15) is 5.54 Å². The van der Waals surface area contributed by atoms with Gasteiger partial charge in [-0.25, -0.2) is 8.42 Å². The van der Waals surface area contributed by atoms with Crippen LogP contribution in [0.1, 0.15) is 50.2 Å². The van der Waals surface area contributed by atoms with Crippen molar-refractivity contribution >= 4 is 27.5 Å². The molecule has 7 nitrogen and oxygen atoms in total. The minimum atomic E-state index is -3.96. The molecule has 1 saturated carbocycles. The summed E-state index contributed by atoms with van der Waals surface area (Å²) in [6.07, 6.45) is 5.04. The molecule has 0 radical (unpaired) electrons. The largest absolute Gasteiger partial charge is 0.351 e. The van der Waals surface area contributed by atoms with Gasteiger partial charge in [-0.1, -0.05) is 55.2 Å². The Balaban J connectivity index is 1.73. The number of nitrogens with zero attached hydrogens (tertiary/aromatic N) is 2. The second kappa shape index (κ2) is 9.50. The lowest BCUT2D eigenvalue weighted by molar-refractivity contribution is -0.133. The third kappa shape index (κ3) is 4.61. The topological polar surface area (TPSA) is 86.8 Å². The predicted octanol–water partition coefficient (Wildman–Crippen LogP) is 3.55. The van der Waals surface area contributed by atoms with E-state index in [1.54, 1.807) is 31.2 Å². The maximum atomic E-state index is 13.8. The first-order valence-electron chi connectivity index (χ1n) is 11.9. The van der Waals surface area contributed by atoms with Gasteiger partial charge in [0.15, 0.2) is 0 Å². The van der Waals surface area contributed by atoms with Gasteiger partial charge in [-0.2, -0.15) is 4.31 Å². The van der Waals surface area contributed by atoms with E-state index in [2.05, 4.69) is 5.32 Å².